The summed E-state index contributed by atoms with van der Waals surface area (Å²) in [6.45, 7) is -2.07. The quantitative estimate of drug-likeness (QED) is 0.103. The van der Waals surface area contributed by atoms with Crippen LogP contribution < -0.4 is 10.2 Å². The van der Waals surface area contributed by atoms with E-state index in [4.69, 9.17) is 32.8 Å². The van der Waals surface area contributed by atoms with Gasteiger partial charge in [0.1, 0.15) is 89.3 Å². The summed E-state index contributed by atoms with van der Waals surface area (Å²) in [6.07, 6.45) is -21.7. The molecule has 0 spiro atoms. The van der Waals surface area contributed by atoms with E-state index >= 15 is 0 Å². The summed E-state index contributed by atoms with van der Waals surface area (Å²) in [4.78, 5) is 13.7. The standard InChI is InChI=1S/C31H36O19/c32-7-16-20(39)28(50-29-23(42)19(38)14(37)9-44-29)31(46-16)48-26-17(8-33)47-30(24(43)22(26)41)49-27-21(40)18-13(36)5-12(35)6-15(18)45-25(27)10-1-3-11(34)4-2-10/h1-6,14,16-17,19-20,22-24,26,28-39,41-43H,7-9H2/t14-,16-,17+,19-,20-,22+,23+,24+,26+,28+,29-,30-,31-/m0/s1. The molecule has 274 valence electrons. The van der Waals surface area contributed by atoms with Crippen molar-refractivity contribution in [1.82, 2.24) is 0 Å². The Morgan fingerprint density at radius 3 is 2.02 bits per heavy atom. The Labute approximate surface area is 280 Å². The van der Waals surface area contributed by atoms with Crippen molar-refractivity contribution >= 4 is 11.0 Å². The minimum atomic E-state index is -2.03. The second-order valence-corrected chi connectivity index (χ2v) is 12.0. The van der Waals surface area contributed by atoms with E-state index in [1.165, 1.54) is 24.3 Å². The van der Waals surface area contributed by atoms with Crippen molar-refractivity contribution in [3.05, 3.63) is 46.6 Å². The van der Waals surface area contributed by atoms with Gasteiger partial charge in [0.05, 0.1) is 19.8 Å². The molecule has 1 aromatic heterocycles. The number of hydrogen-bond donors (Lipinski definition) is 11. The van der Waals surface area contributed by atoms with E-state index in [1.54, 1.807) is 0 Å². The fourth-order valence-electron chi connectivity index (χ4n) is 5.93. The van der Waals surface area contributed by atoms with Crippen LogP contribution >= 0.6 is 0 Å². The van der Waals surface area contributed by atoms with Crippen LogP contribution in [-0.4, -0.2) is 156 Å². The largest absolute Gasteiger partial charge is 0.508 e. The topological polar surface area (TPSA) is 308 Å². The molecular formula is C31H36O19. The molecule has 3 aliphatic heterocycles. The molecule has 19 heteroatoms. The first-order valence-electron chi connectivity index (χ1n) is 15.3. The number of phenolic OH excluding ortho intramolecular Hbond substituents is 3. The molecule has 0 bridgehead atoms. The van der Waals surface area contributed by atoms with E-state index in [2.05, 4.69) is 0 Å². The zero-order valence-corrected chi connectivity index (χ0v) is 25.8. The fraction of sp³-hybridized carbons (Fsp3) is 0.516. The van der Waals surface area contributed by atoms with Gasteiger partial charge in [-0.2, -0.15) is 0 Å². The van der Waals surface area contributed by atoms with Gasteiger partial charge in [0.2, 0.25) is 17.5 Å². The van der Waals surface area contributed by atoms with Gasteiger partial charge < -0.3 is 89.0 Å². The van der Waals surface area contributed by atoms with E-state index in [9.17, 15) is 61.0 Å². The van der Waals surface area contributed by atoms with Crippen LogP contribution in [0.4, 0.5) is 0 Å². The van der Waals surface area contributed by atoms with Crippen LogP contribution in [0.3, 0.4) is 0 Å². The van der Waals surface area contributed by atoms with Gasteiger partial charge in [-0.1, -0.05) is 0 Å². The van der Waals surface area contributed by atoms with Crippen molar-refractivity contribution in [3.8, 4) is 34.3 Å². The van der Waals surface area contributed by atoms with Crippen molar-refractivity contribution in [2.75, 3.05) is 19.8 Å². The Kier molecular flexibility index (Phi) is 10.5. The van der Waals surface area contributed by atoms with Gasteiger partial charge in [-0.15, -0.1) is 0 Å². The lowest BCUT2D eigenvalue weighted by molar-refractivity contribution is -0.333. The third kappa shape index (κ3) is 6.72. The van der Waals surface area contributed by atoms with Crippen LogP contribution in [0.15, 0.2) is 45.6 Å². The van der Waals surface area contributed by atoms with Gasteiger partial charge in [-0.3, -0.25) is 4.79 Å². The summed E-state index contributed by atoms with van der Waals surface area (Å²) < 4.78 is 39.5. The molecule has 0 aliphatic carbocycles. The summed E-state index contributed by atoms with van der Waals surface area (Å²) in [6, 6.07) is 7.21. The van der Waals surface area contributed by atoms with Gasteiger partial charge in [0, 0.05) is 17.7 Å². The second-order valence-electron chi connectivity index (χ2n) is 12.0. The van der Waals surface area contributed by atoms with Crippen molar-refractivity contribution in [2.24, 2.45) is 0 Å². The van der Waals surface area contributed by atoms with Gasteiger partial charge in [-0.05, 0) is 24.3 Å². The smallest absolute Gasteiger partial charge is 0.239 e. The van der Waals surface area contributed by atoms with Crippen LogP contribution in [0, 0.1) is 0 Å². The Morgan fingerprint density at radius 2 is 1.34 bits per heavy atom. The molecule has 11 N–H and O–H groups in total. The number of aromatic hydroxyl groups is 3. The Hall–Kier alpha value is -3.67. The van der Waals surface area contributed by atoms with Crippen LogP contribution in [-0.2, 0) is 23.7 Å². The summed E-state index contributed by atoms with van der Waals surface area (Å²) in [7, 11) is 0. The maximum absolute atomic E-state index is 13.7. The van der Waals surface area contributed by atoms with Gasteiger partial charge in [0.15, 0.2) is 18.3 Å². The molecule has 0 amide bonds. The molecular weight excluding hydrogens is 676 g/mol. The summed E-state index contributed by atoms with van der Waals surface area (Å²) in [5, 5.41) is 113. The van der Waals surface area contributed by atoms with E-state index in [-0.39, 0.29) is 22.7 Å². The number of aliphatic hydroxyl groups excluding tert-OH is 8. The highest BCUT2D eigenvalue weighted by molar-refractivity contribution is 5.88. The Bertz CT molecular complexity index is 1700. The first-order valence-corrected chi connectivity index (χ1v) is 15.3. The molecule has 0 unspecified atom stereocenters. The van der Waals surface area contributed by atoms with Crippen molar-refractivity contribution in [2.45, 2.75) is 79.9 Å². The normalized spacial score (nSPS) is 36.1. The number of aliphatic hydroxyl groups is 8. The first-order chi connectivity index (χ1) is 23.8. The molecule has 50 heavy (non-hydrogen) atoms. The van der Waals surface area contributed by atoms with Crippen molar-refractivity contribution in [3.63, 3.8) is 0 Å². The number of fused-ring (bicyclic) bond motifs is 1. The summed E-state index contributed by atoms with van der Waals surface area (Å²) in [5.41, 5.74) is -1.06. The average Bonchev–Trinajstić information content (AvgIpc) is 3.38. The molecule has 3 saturated heterocycles. The minimum absolute atomic E-state index is 0.129. The number of hydrogen-bond acceptors (Lipinski definition) is 19. The number of benzene rings is 2. The predicted molar refractivity (Wildman–Crippen MR) is 161 cm³/mol. The molecule has 3 fully saturated rings. The molecule has 3 aromatic rings. The van der Waals surface area contributed by atoms with Gasteiger partial charge >= 0.3 is 0 Å². The van der Waals surface area contributed by atoms with Crippen LogP contribution in [0.2, 0.25) is 0 Å². The van der Waals surface area contributed by atoms with E-state index in [0.29, 0.717) is 0 Å². The molecule has 0 radical (unpaired) electrons. The second kappa shape index (κ2) is 14.5. The molecule has 3 aliphatic rings. The minimum Gasteiger partial charge on any atom is -0.508 e. The highest BCUT2D eigenvalue weighted by atomic mass is 16.8. The predicted octanol–water partition coefficient (Wildman–Crippen LogP) is -3.32. The third-order valence-electron chi connectivity index (χ3n) is 8.61. The lowest BCUT2D eigenvalue weighted by Gasteiger charge is -2.43. The lowest BCUT2D eigenvalue weighted by Crippen LogP contribution is -2.62. The zero-order valence-electron chi connectivity index (χ0n) is 25.8. The van der Waals surface area contributed by atoms with E-state index in [1.807, 2.05) is 0 Å². The molecule has 0 saturated carbocycles. The van der Waals surface area contributed by atoms with Crippen LogP contribution in [0.1, 0.15) is 0 Å². The van der Waals surface area contributed by atoms with Crippen LogP contribution in [0.5, 0.6) is 23.0 Å². The molecule has 13 atom stereocenters. The third-order valence-corrected chi connectivity index (χ3v) is 8.61. The highest BCUT2D eigenvalue weighted by Crippen LogP contribution is 2.38. The van der Waals surface area contributed by atoms with Crippen molar-refractivity contribution in [1.29, 1.82) is 0 Å². The van der Waals surface area contributed by atoms with E-state index in [0.717, 1.165) is 12.1 Å². The molecule has 19 nitrogen and oxygen atoms in total. The Balaban J connectivity index is 1.27. The summed E-state index contributed by atoms with van der Waals surface area (Å²) >= 11 is 0. The molecule has 2 aromatic carbocycles. The number of ether oxygens (including phenoxy) is 6. The lowest BCUT2D eigenvalue weighted by atomic mass is 9.98. The average molecular weight is 713 g/mol. The van der Waals surface area contributed by atoms with E-state index < -0.39 is 128 Å². The molecule has 4 heterocycles. The maximum Gasteiger partial charge on any atom is 0.239 e. The van der Waals surface area contributed by atoms with Gasteiger partial charge in [-0.25, -0.2) is 0 Å². The SMILES string of the molecule is O=c1c(O[C@@H]2O[C@H](CO)[C@@H](O[C@@H]3O[C@@H](CO)[C@H](O)[C@H]3O[C@@H]3OC[C@H](O)[C@H](O)[C@H]3O)[C@H](O)[C@H]2O)c(-c2ccc(O)cc2)oc2cc(O)cc(O)c12. The fourth-order valence-corrected chi connectivity index (χ4v) is 5.93. The summed E-state index contributed by atoms with van der Waals surface area (Å²) in [5.74, 6) is -2.14. The molecule has 6 rings (SSSR count). The first kappa shape index (κ1) is 36.1. The van der Waals surface area contributed by atoms with Crippen LogP contribution in [0.25, 0.3) is 22.3 Å². The zero-order chi connectivity index (χ0) is 36.0. The Morgan fingerprint density at radius 1 is 0.700 bits per heavy atom. The maximum atomic E-state index is 13.7. The van der Waals surface area contributed by atoms with Crippen molar-refractivity contribution < 1.29 is 89.0 Å². The highest BCUT2D eigenvalue weighted by Gasteiger charge is 2.53. The number of phenols is 3. The number of rotatable bonds is 9. The monoisotopic (exact) mass is 712 g/mol. The van der Waals surface area contributed by atoms with Gasteiger partial charge in [0.25, 0.3) is 0 Å².